The van der Waals surface area contributed by atoms with E-state index in [1.807, 2.05) is 17.0 Å². The molecular formula is C22H23N5O. The highest BCUT2D eigenvalue weighted by molar-refractivity contribution is 5.94. The summed E-state index contributed by atoms with van der Waals surface area (Å²) in [6, 6.07) is 16.0. The molecule has 4 rings (SSSR count). The van der Waals surface area contributed by atoms with Crippen LogP contribution in [0.15, 0.2) is 60.9 Å². The van der Waals surface area contributed by atoms with Crippen LogP contribution in [0.25, 0.3) is 11.3 Å². The molecule has 0 saturated carbocycles. The van der Waals surface area contributed by atoms with Gasteiger partial charge in [0.25, 0.3) is 5.91 Å². The quantitative estimate of drug-likeness (QED) is 0.703. The molecule has 2 aromatic heterocycles. The average molecular weight is 373 g/mol. The summed E-state index contributed by atoms with van der Waals surface area (Å²) in [5.74, 6) is 0.882. The highest BCUT2D eigenvalue weighted by Crippen LogP contribution is 2.20. The lowest BCUT2D eigenvalue weighted by Gasteiger charge is -2.35. The zero-order valence-corrected chi connectivity index (χ0v) is 16.0. The van der Waals surface area contributed by atoms with E-state index in [9.17, 15) is 4.79 Å². The number of carbonyl (C=O) groups is 1. The molecule has 1 aliphatic rings. The van der Waals surface area contributed by atoms with Gasteiger partial charge in [0.05, 0.1) is 11.3 Å². The van der Waals surface area contributed by atoms with Crippen LogP contribution in [0.5, 0.6) is 0 Å². The lowest BCUT2D eigenvalue weighted by molar-refractivity contribution is 0.0746. The number of benzene rings is 1. The van der Waals surface area contributed by atoms with Crippen molar-refractivity contribution in [3.8, 4) is 11.3 Å². The number of aryl methyl sites for hydroxylation is 1. The maximum atomic E-state index is 12.5. The Kier molecular flexibility index (Phi) is 5.28. The first-order valence-electron chi connectivity index (χ1n) is 9.62. The Morgan fingerprint density at radius 3 is 2.36 bits per heavy atom. The maximum absolute atomic E-state index is 12.5. The van der Waals surface area contributed by atoms with E-state index in [-0.39, 0.29) is 5.91 Å². The zero-order valence-electron chi connectivity index (χ0n) is 16.0. The second kappa shape index (κ2) is 8.17. The van der Waals surface area contributed by atoms with Crippen molar-refractivity contribution in [3.63, 3.8) is 0 Å². The fourth-order valence-corrected chi connectivity index (χ4v) is 3.37. The summed E-state index contributed by atoms with van der Waals surface area (Å²) in [5, 5.41) is 8.81. The number of aromatic nitrogens is 3. The van der Waals surface area contributed by atoms with Gasteiger partial charge in [0.15, 0.2) is 5.82 Å². The van der Waals surface area contributed by atoms with Crippen LogP contribution in [-0.2, 0) is 6.42 Å². The van der Waals surface area contributed by atoms with Gasteiger partial charge in [0.1, 0.15) is 0 Å². The third kappa shape index (κ3) is 3.86. The molecule has 3 aromatic rings. The van der Waals surface area contributed by atoms with Crippen LogP contribution in [0.4, 0.5) is 5.82 Å². The van der Waals surface area contributed by atoms with Crippen molar-refractivity contribution in [1.29, 1.82) is 0 Å². The molecule has 0 bridgehead atoms. The fourth-order valence-electron chi connectivity index (χ4n) is 3.37. The largest absolute Gasteiger partial charge is 0.352 e. The number of piperazine rings is 1. The predicted molar refractivity (Wildman–Crippen MR) is 109 cm³/mol. The van der Waals surface area contributed by atoms with Gasteiger partial charge in [-0.05, 0) is 36.2 Å². The summed E-state index contributed by atoms with van der Waals surface area (Å²) >= 11 is 0. The molecule has 0 spiro atoms. The Morgan fingerprint density at radius 2 is 1.75 bits per heavy atom. The van der Waals surface area contributed by atoms with E-state index in [1.165, 1.54) is 5.56 Å². The van der Waals surface area contributed by atoms with E-state index in [0.717, 1.165) is 36.6 Å². The molecule has 0 radical (unpaired) electrons. The first-order valence-corrected chi connectivity index (χ1v) is 9.62. The Hall–Kier alpha value is -3.28. The number of hydrogen-bond acceptors (Lipinski definition) is 5. The van der Waals surface area contributed by atoms with Gasteiger partial charge in [-0.3, -0.25) is 9.78 Å². The lowest BCUT2D eigenvalue weighted by Crippen LogP contribution is -2.49. The average Bonchev–Trinajstić information content (AvgIpc) is 2.79. The van der Waals surface area contributed by atoms with Gasteiger partial charge in [0, 0.05) is 44.1 Å². The van der Waals surface area contributed by atoms with Gasteiger partial charge in [0.2, 0.25) is 0 Å². The third-order valence-corrected chi connectivity index (χ3v) is 5.11. The summed E-state index contributed by atoms with van der Waals surface area (Å²) in [4.78, 5) is 20.6. The minimum Gasteiger partial charge on any atom is -0.352 e. The second-order valence-electron chi connectivity index (χ2n) is 6.85. The molecule has 1 saturated heterocycles. The van der Waals surface area contributed by atoms with E-state index < -0.39 is 0 Å². The van der Waals surface area contributed by atoms with Gasteiger partial charge in [-0.25, -0.2) is 0 Å². The number of rotatable bonds is 4. The molecule has 0 unspecified atom stereocenters. The van der Waals surface area contributed by atoms with E-state index in [4.69, 9.17) is 0 Å². The van der Waals surface area contributed by atoms with Crippen molar-refractivity contribution < 1.29 is 4.79 Å². The Balaban J connectivity index is 1.38. The third-order valence-electron chi connectivity index (χ3n) is 5.11. The summed E-state index contributed by atoms with van der Waals surface area (Å²) in [5.41, 5.74) is 3.89. The summed E-state index contributed by atoms with van der Waals surface area (Å²) in [7, 11) is 0. The molecule has 1 aromatic carbocycles. The molecule has 3 heterocycles. The van der Waals surface area contributed by atoms with Crippen LogP contribution >= 0.6 is 0 Å². The highest BCUT2D eigenvalue weighted by atomic mass is 16.2. The van der Waals surface area contributed by atoms with Gasteiger partial charge < -0.3 is 9.80 Å². The first kappa shape index (κ1) is 18.1. The van der Waals surface area contributed by atoms with Crippen molar-refractivity contribution in [2.75, 3.05) is 31.1 Å². The Morgan fingerprint density at radius 1 is 0.964 bits per heavy atom. The number of amides is 1. The van der Waals surface area contributed by atoms with Gasteiger partial charge in [-0.15, -0.1) is 10.2 Å². The standard InChI is InChI=1S/C22H23N5O/c1-2-17-5-7-18(8-6-17)20-9-10-21(25-24-20)26-12-14-27(15-13-26)22(28)19-4-3-11-23-16-19/h3-11,16H,2,12-15H2,1H3. The SMILES string of the molecule is CCc1ccc(-c2ccc(N3CCN(C(=O)c4cccnc4)CC3)nn2)cc1. The summed E-state index contributed by atoms with van der Waals surface area (Å²) < 4.78 is 0. The zero-order chi connectivity index (χ0) is 19.3. The highest BCUT2D eigenvalue weighted by Gasteiger charge is 2.23. The fraction of sp³-hybridized carbons (Fsp3) is 0.273. The van der Waals surface area contributed by atoms with Crippen LogP contribution in [0.3, 0.4) is 0 Å². The van der Waals surface area contributed by atoms with Crippen molar-refractivity contribution in [3.05, 3.63) is 72.1 Å². The van der Waals surface area contributed by atoms with Crippen molar-refractivity contribution in [2.45, 2.75) is 13.3 Å². The number of carbonyl (C=O) groups excluding carboxylic acids is 1. The van der Waals surface area contributed by atoms with E-state index in [2.05, 4.69) is 51.3 Å². The number of nitrogens with zero attached hydrogens (tertiary/aromatic N) is 5. The molecular weight excluding hydrogens is 350 g/mol. The predicted octanol–water partition coefficient (Wildman–Crippen LogP) is 3.06. The topological polar surface area (TPSA) is 62.2 Å². The van der Waals surface area contributed by atoms with E-state index >= 15 is 0 Å². The number of hydrogen-bond donors (Lipinski definition) is 0. The van der Waals surface area contributed by atoms with Crippen LogP contribution in [0.1, 0.15) is 22.8 Å². The van der Waals surface area contributed by atoms with Crippen molar-refractivity contribution in [1.82, 2.24) is 20.1 Å². The minimum absolute atomic E-state index is 0.0321. The van der Waals surface area contributed by atoms with Crippen LogP contribution in [-0.4, -0.2) is 52.2 Å². The van der Waals surface area contributed by atoms with Gasteiger partial charge >= 0.3 is 0 Å². The smallest absolute Gasteiger partial charge is 0.255 e. The molecule has 28 heavy (non-hydrogen) atoms. The number of pyridine rings is 1. The molecule has 1 amide bonds. The second-order valence-corrected chi connectivity index (χ2v) is 6.85. The monoisotopic (exact) mass is 373 g/mol. The molecule has 1 aliphatic heterocycles. The van der Waals surface area contributed by atoms with Crippen molar-refractivity contribution in [2.24, 2.45) is 0 Å². The van der Waals surface area contributed by atoms with E-state index in [0.29, 0.717) is 18.7 Å². The maximum Gasteiger partial charge on any atom is 0.255 e. The minimum atomic E-state index is 0.0321. The first-order chi connectivity index (χ1) is 13.7. The molecule has 1 fully saturated rings. The Bertz CT molecular complexity index is 917. The van der Waals surface area contributed by atoms with Gasteiger partial charge in [-0.1, -0.05) is 31.2 Å². The number of anilines is 1. The van der Waals surface area contributed by atoms with Gasteiger partial charge in [-0.2, -0.15) is 0 Å². The van der Waals surface area contributed by atoms with Crippen LogP contribution in [0.2, 0.25) is 0 Å². The molecule has 142 valence electrons. The molecule has 6 heteroatoms. The Labute approximate surface area is 164 Å². The summed E-state index contributed by atoms with van der Waals surface area (Å²) in [6.07, 6.45) is 4.32. The normalized spacial score (nSPS) is 14.2. The molecule has 6 nitrogen and oxygen atoms in total. The molecule has 0 aliphatic carbocycles. The van der Waals surface area contributed by atoms with E-state index in [1.54, 1.807) is 24.5 Å². The van der Waals surface area contributed by atoms with Crippen LogP contribution in [0, 0.1) is 0 Å². The van der Waals surface area contributed by atoms with Crippen molar-refractivity contribution >= 4 is 11.7 Å². The molecule has 0 atom stereocenters. The van der Waals surface area contributed by atoms with Crippen LogP contribution < -0.4 is 4.90 Å². The molecule has 0 N–H and O–H groups in total. The summed E-state index contributed by atoms with van der Waals surface area (Å²) in [6.45, 7) is 4.95. The lowest BCUT2D eigenvalue weighted by atomic mass is 10.1.